The van der Waals surface area contributed by atoms with Crippen LogP contribution in [0.15, 0.2) is 11.1 Å². The van der Waals surface area contributed by atoms with Gasteiger partial charge in [0.25, 0.3) is 0 Å². The molecule has 0 aromatic carbocycles. The van der Waals surface area contributed by atoms with Crippen LogP contribution in [0, 0.1) is 0 Å². The van der Waals surface area contributed by atoms with Crippen LogP contribution in [0.5, 0.6) is 0 Å². The zero-order valence-electron chi connectivity index (χ0n) is 9.29. The maximum Gasteiger partial charge on any atom is 0.331 e. The lowest BCUT2D eigenvalue weighted by molar-refractivity contribution is -0.133. The molecule has 15 heavy (non-hydrogen) atoms. The van der Waals surface area contributed by atoms with Crippen LogP contribution in [0.25, 0.3) is 0 Å². The van der Waals surface area contributed by atoms with Crippen LogP contribution < -0.4 is 5.32 Å². The maximum atomic E-state index is 11.4. The number of hydrogen-bond acceptors (Lipinski definition) is 3. The molecule has 0 aromatic rings. The lowest BCUT2D eigenvalue weighted by Crippen LogP contribution is -2.26. The highest BCUT2D eigenvalue weighted by molar-refractivity contribution is 7.98. The van der Waals surface area contributed by atoms with Gasteiger partial charge in [-0.05, 0) is 32.3 Å². The molecular weight excluding hydrogens is 214 g/mol. The van der Waals surface area contributed by atoms with Gasteiger partial charge in [-0.25, -0.2) is 4.79 Å². The first-order valence-electron chi connectivity index (χ1n) is 4.68. The van der Waals surface area contributed by atoms with E-state index in [1.165, 1.54) is 13.8 Å². The third-order valence-electron chi connectivity index (χ3n) is 2.03. The SMILES string of the molecule is CSCCCNC(=O)C(C)=C(C)C(=O)O. The first-order valence-corrected chi connectivity index (χ1v) is 6.08. The van der Waals surface area contributed by atoms with E-state index in [2.05, 4.69) is 5.32 Å². The fraction of sp³-hybridized carbons (Fsp3) is 0.600. The minimum Gasteiger partial charge on any atom is -0.478 e. The highest BCUT2D eigenvalue weighted by Crippen LogP contribution is 2.03. The van der Waals surface area contributed by atoms with Gasteiger partial charge >= 0.3 is 5.97 Å². The number of carbonyl (C=O) groups excluding carboxylic acids is 1. The molecule has 2 N–H and O–H groups in total. The lowest BCUT2D eigenvalue weighted by atomic mass is 10.1. The Labute approximate surface area is 94.1 Å². The number of carboxylic acid groups (broad SMARTS) is 1. The van der Waals surface area contributed by atoms with Gasteiger partial charge in [-0.1, -0.05) is 0 Å². The molecular formula is C10H17NO3S. The van der Waals surface area contributed by atoms with Crippen molar-refractivity contribution in [1.29, 1.82) is 0 Å². The molecule has 0 spiro atoms. The van der Waals surface area contributed by atoms with Crippen molar-refractivity contribution >= 4 is 23.6 Å². The van der Waals surface area contributed by atoms with Gasteiger partial charge in [-0.15, -0.1) is 0 Å². The van der Waals surface area contributed by atoms with E-state index in [9.17, 15) is 9.59 Å². The van der Waals surface area contributed by atoms with E-state index >= 15 is 0 Å². The van der Waals surface area contributed by atoms with Crippen LogP contribution in [-0.4, -0.2) is 35.5 Å². The second kappa shape index (κ2) is 7.34. The second-order valence-electron chi connectivity index (χ2n) is 3.16. The summed E-state index contributed by atoms with van der Waals surface area (Å²) in [5, 5.41) is 11.3. The average Bonchev–Trinajstić information content (AvgIpc) is 2.21. The molecule has 0 unspecified atom stereocenters. The highest BCUT2D eigenvalue weighted by atomic mass is 32.2. The number of hydrogen-bond donors (Lipinski definition) is 2. The molecule has 0 bridgehead atoms. The van der Waals surface area contributed by atoms with Gasteiger partial charge in [0.05, 0.1) is 0 Å². The molecule has 0 heterocycles. The van der Waals surface area contributed by atoms with Crippen molar-refractivity contribution in [2.45, 2.75) is 20.3 Å². The van der Waals surface area contributed by atoms with E-state index in [1.807, 2.05) is 6.26 Å². The van der Waals surface area contributed by atoms with E-state index in [1.54, 1.807) is 11.8 Å². The number of nitrogens with one attached hydrogen (secondary N) is 1. The molecule has 5 heteroatoms. The van der Waals surface area contributed by atoms with Gasteiger partial charge in [0.1, 0.15) is 0 Å². The first kappa shape index (κ1) is 14.0. The summed E-state index contributed by atoms with van der Waals surface area (Å²) in [6.07, 6.45) is 2.90. The summed E-state index contributed by atoms with van der Waals surface area (Å²) < 4.78 is 0. The Morgan fingerprint density at radius 2 is 1.87 bits per heavy atom. The van der Waals surface area contributed by atoms with Crippen LogP contribution in [0.1, 0.15) is 20.3 Å². The number of carboxylic acids is 1. The third-order valence-corrected chi connectivity index (χ3v) is 2.73. The van der Waals surface area contributed by atoms with Gasteiger partial charge in [0.15, 0.2) is 0 Å². The number of aliphatic carboxylic acids is 1. The van der Waals surface area contributed by atoms with E-state index < -0.39 is 5.97 Å². The number of carbonyl (C=O) groups is 2. The summed E-state index contributed by atoms with van der Waals surface area (Å²) in [5.74, 6) is -0.358. The highest BCUT2D eigenvalue weighted by Gasteiger charge is 2.11. The Bertz CT molecular complexity index is 274. The summed E-state index contributed by atoms with van der Waals surface area (Å²) in [5.41, 5.74) is 0.365. The summed E-state index contributed by atoms with van der Waals surface area (Å²) in [4.78, 5) is 22.0. The second-order valence-corrected chi connectivity index (χ2v) is 4.14. The summed E-state index contributed by atoms with van der Waals surface area (Å²) in [6, 6.07) is 0. The van der Waals surface area contributed by atoms with Gasteiger partial charge in [-0.3, -0.25) is 4.79 Å². The Balaban J connectivity index is 4.11. The number of thioether (sulfide) groups is 1. The molecule has 0 radical (unpaired) electrons. The van der Waals surface area contributed by atoms with Crippen molar-refractivity contribution in [1.82, 2.24) is 5.32 Å². The Morgan fingerprint density at radius 1 is 1.27 bits per heavy atom. The smallest absolute Gasteiger partial charge is 0.331 e. The average molecular weight is 231 g/mol. The van der Waals surface area contributed by atoms with Crippen molar-refractivity contribution in [3.63, 3.8) is 0 Å². The molecule has 0 aliphatic rings. The fourth-order valence-corrected chi connectivity index (χ4v) is 1.31. The molecule has 0 fully saturated rings. The summed E-state index contributed by atoms with van der Waals surface area (Å²) >= 11 is 1.72. The van der Waals surface area contributed by atoms with Gasteiger partial charge < -0.3 is 10.4 Å². The number of rotatable bonds is 6. The van der Waals surface area contributed by atoms with Crippen molar-refractivity contribution in [2.24, 2.45) is 0 Å². The van der Waals surface area contributed by atoms with E-state index in [4.69, 9.17) is 5.11 Å². The van der Waals surface area contributed by atoms with Crippen LogP contribution in [0.2, 0.25) is 0 Å². The van der Waals surface area contributed by atoms with Crippen molar-refractivity contribution in [3.8, 4) is 0 Å². The molecule has 86 valence electrons. The molecule has 0 atom stereocenters. The largest absolute Gasteiger partial charge is 0.478 e. The normalized spacial score (nSPS) is 11.9. The quantitative estimate of drug-likeness (QED) is 0.534. The van der Waals surface area contributed by atoms with Crippen LogP contribution in [0.3, 0.4) is 0 Å². The van der Waals surface area contributed by atoms with E-state index in [-0.39, 0.29) is 17.1 Å². The fourth-order valence-electron chi connectivity index (χ4n) is 0.882. The molecule has 0 aliphatic heterocycles. The van der Waals surface area contributed by atoms with Crippen LogP contribution in [0.4, 0.5) is 0 Å². The zero-order chi connectivity index (χ0) is 11.8. The molecule has 0 aromatic heterocycles. The van der Waals surface area contributed by atoms with E-state index in [0.717, 1.165) is 12.2 Å². The lowest BCUT2D eigenvalue weighted by Gasteiger charge is -2.06. The van der Waals surface area contributed by atoms with Gasteiger partial charge in [0.2, 0.25) is 5.91 Å². The van der Waals surface area contributed by atoms with Crippen LogP contribution >= 0.6 is 11.8 Å². The molecule has 0 saturated heterocycles. The van der Waals surface area contributed by atoms with Crippen molar-refractivity contribution in [2.75, 3.05) is 18.6 Å². The Morgan fingerprint density at radius 3 is 2.33 bits per heavy atom. The summed E-state index contributed by atoms with van der Waals surface area (Å²) in [7, 11) is 0. The molecule has 1 amide bonds. The van der Waals surface area contributed by atoms with Crippen molar-refractivity contribution < 1.29 is 14.7 Å². The minimum atomic E-state index is -1.05. The monoisotopic (exact) mass is 231 g/mol. The first-order chi connectivity index (χ1) is 7.00. The molecule has 4 nitrogen and oxygen atoms in total. The van der Waals surface area contributed by atoms with Crippen molar-refractivity contribution in [3.05, 3.63) is 11.1 Å². The van der Waals surface area contributed by atoms with E-state index in [0.29, 0.717) is 6.54 Å². The Kier molecular flexibility index (Phi) is 6.86. The topological polar surface area (TPSA) is 66.4 Å². The maximum absolute atomic E-state index is 11.4. The summed E-state index contributed by atoms with van der Waals surface area (Å²) in [6.45, 7) is 3.54. The zero-order valence-corrected chi connectivity index (χ0v) is 10.1. The standard InChI is InChI=1S/C10H17NO3S/c1-7(8(2)10(13)14)9(12)11-5-4-6-15-3/h4-6H2,1-3H3,(H,11,12)(H,13,14). The molecule has 0 rings (SSSR count). The predicted octanol–water partition coefficient (Wildman–Crippen LogP) is 1.28. The predicted molar refractivity (Wildman–Crippen MR) is 62.0 cm³/mol. The number of amides is 1. The third kappa shape index (κ3) is 5.47. The minimum absolute atomic E-state index is 0.0948. The van der Waals surface area contributed by atoms with Gasteiger partial charge in [0, 0.05) is 17.7 Å². The van der Waals surface area contributed by atoms with Crippen LogP contribution in [-0.2, 0) is 9.59 Å². The Hall–Kier alpha value is -0.970. The molecule has 0 saturated carbocycles. The van der Waals surface area contributed by atoms with Gasteiger partial charge in [-0.2, -0.15) is 11.8 Å². The molecule has 0 aliphatic carbocycles.